The molecule has 0 radical (unpaired) electrons. The predicted molar refractivity (Wildman–Crippen MR) is 76.5 cm³/mol. The van der Waals surface area contributed by atoms with Crippen LogP contribution < -0.4 is 5.32 Å². The normalized spacial score (nSPS) is 11.4. The number of nitrogens with one attached hydrogen (secondary N) is 1. The topological polar surface area (TPSA) is 58.3 Å². The third-order valence-corrected chi connectivity index (χ3v) is 3.41. The van der Waals surface area contributed by atoms with Crippen LogP contribution in [-0.2, 0) is 0 Å². The molecule has 2 aromatic heterocycles. The van der Waals surface area contributed by atoms with Crippen molar-refractivity contribution in [3.8, 4) is 0 Å². The first-order chi connectivity index (χ1) is 9.17. The second-order valence-corrected chi connectivity index (χ2v) is 4.59. The molecule has 0 saturated carbocycles. The summed E-state index contributed by atoms with van der Waals surface area (Å²) in [5, 5.41) is 11.6. The van der Waals surface area contributed by atoms with Crippen LogP contribution in [0, 0.1) is 13.8 Å². The quantitative estimate of drug-likeness (QED) is 0.855. The lowest BCUT2D eigenvalue weighted by Crippen LogP contribution is -2.29. The van der Waals surface area contributed by atoms with Gasteiger partial charge in [0.05, 0.1) is 17.4 Å². The standard InChI is InChI=1S/C13H22N6/c1-5-18(6-2)8-7-14-13-17-15-9-12-10(3)16-11(4)19(12)13/h9H,5-8H2,1-4H3,(H,14,17). The maximum Gasteiger partial charge on any atom is 0.229 e. The number of rotatable bonds is 6. The van der Waals surface area contributed by atoms with Gasteiger partial charge in [-0.3, -0.25) is 4.40 Å². The Kier molecular flexibility index (Phi) is 4.31. The van der Waals surface area contributed by atoms with Gasteiger partial charge in [-0.05, 0) is 26.9 Å². The highest BCUT2D eigenvalue weighted by molar-refractivity contribution is 5.54. The fraction of sp³-hybridized carbons (Fsp3) is 0.615. The summed E-state index contributed by atoms with van der Waals surface area (Å²) in [5.41, 5.74) is 2.00. The van der Waals surface area contributed by atoms with Crippen molar-refractivity contribution >= 4 is 11.5 Å². The Hall–Kier alpha value is -1.69. The average Bonchev–Trinajstić information content (AvgIpc) is 2.71. The third kappa shape index (κ3) is 2.84. The van der Waals surface area contributed by atoms with Gasteiger partial charge in [0.15, 0.2) is 0 Å². The number of hydrogen-bond acceptors (Lipinski definition) is 5. The molecule has 104 valence electrons. The molecule has 0 amide bonds. The van der Waals surface area contributed by atoms with Gasteiger partial charge in [-0.2, -0.15) is 5.10 Å². The van der Waals surface area contributed by atoms with E-state index in [-0.39, 0.29) is 0 Å². The molecule has 6 nitrogen and oxygen atoms in total. The van der Waals surface area contributed by atoms with E-state index in [1.54, 1.807) is 6.20 Å². The molecular formula is C13H22N6. The van der Waals surface area contributed by atoms with E-state index in [9.17, 15) is 0 Å². The Bertz CT molecular complexity index is 543. The van der Waals surface area contributed by atoms with Crippen LogP contribution in [0.4, 0.5) is 5.95 Å². The maximum atomic E-state index is 4.46. The molecule has 2 rings (SSSR count). The lowest BCUT2D eigenvalue weighted by atomic mass is 10.4. The Morgan fingerprint density at radius 2 is 2.00 bits per heavy atom. The number of likely N-dealkylation sites (N-methyl/N-ethyl adjacent to an activating group) is 1. The van der Waals surface area contributed by atoms with Crippen LogP contribution in [-0.4, -0.2) is 50.7 Å². The second kappa shape index (κ2) is 5.97. The number of hydrogen-bond donors (Lipinski definition) is 1. The SMILES string of the molecule is CCN(CC)CCNc1nncc2c(C)nc(C)n12. The first kappa shape index (κ1) is 13.7. The van der Waals surface area contributed by atoms with Crippen molar-refractivity contribution in [2.45, 2.75) is 27.7 Å². The van der Waals surface area contributed by atoms with Crippen LogP contribution in [0.5, 0.6) is 0 Å². The zero-order chi connectivity index (χ0) is 13.8. The number of imidazole rings is 1. The Morgan fingerprint density at radius 1 is 1.26 bits per heavy atom. The lowest BCUT2D eigenvalue weighted by Gasteiger charge is -2.18. The Balaban J connectivity index is 2.13. The molecule has 0 atom stereocenters. The van der Waals surface area contributed by atoms with E-state index in [1.165, 1.54) is 0 Å². The van der Waals surface area contributed by atoms with E-state index in [0.29, 0.717) is 0 Å². The van der Waals surface area contributed by atoms with E-state index >= 15 is 0 Å². The van der Waals surface area contributed by atoms with Gasteiger partial charge >= 0.3 is 0 Å². The van der Waals surface area contributed by atoms with E-state index < -0.39 is 0 Å². The summed E-state index contributed by atoms with van der Waals surface area (Å²) >= 11 is 0. The molecule has 0 aliphatic carbocycles. The highest BCUT2D eigenvalue weighted by Crippen LogP contribution is 2.14. The van der Waals surface area contributed by atoms with Gasteiger partial charge in [0, 0.05) is 13.1 Å². The summed E-state index contributed by atoms with van der Waals surface area (Å²) in [7, 11) is 0. The molecule has 0 aromatic carbocycles. The van der Waals surface area contributed by atoms with Crippen LogP contribution in [0.25, 0.3) is 5.52 Å². The van der Waals surface area contributed by atoms with E-state index in [2.05, 4.69) is 39.2 Å². The summed E-state index contributed by atoms with van der Waals surface area (Å²) in [4.78, 5) is 6.83. The zero-order valence-corrected chi connectivity index (χ0v) is 12.1. The molecule has 0 spiro atoms. The highest BCUT2D eigenvalue weighted by Gasteiger charge is 2.09. The van der Waals surface area contributed by atoms with Crippen LogP contribution in [0.2, 0.25) is 0 Å². The van der Waals surface area contributed by atoms with Gasteiger partial charge in [0.25, 0.3) is 0 Å². The number of anilines is 1. The fourth-order valence-corrected chi connectivity index (χ4v) is 2.27. The van der Waals surface area contributed by atoms with Crippen molar-refractivity contribution < 1.29 is 0 Å². The minimum absolute atomic E-state index is 0.766. The molecule has 0 aliphatic rings. The Labute approximate surface area is 113 Å². The number of nitrogens with zero attached hydrogens (tertiary/aromatic N) is 5. The second-order valence-electron chi connectivity index (χ2n) is 4.59. The van der Waals surface area contributed by atoms with E-state index in [4.69, 9.17) is 0 Å². The van der Waals surface area contributed by atoms with Crippen molar-refractivity contribution in [1.29, 1.82) is 0 Å². The molecule has 2 heterocycles. The van der Waals surface area contributed by atoms with Gasteiger partial charge in [-0.1, -0.05) is 13.8 Å². The van der Waals surface area contributed by atoms with E-state index in [1.807, 2.05) is 18.2 Å². The smallest absolute Gasteiger partial charge is 0.229 e. The Morgan fingerprint density at radius 3 is 2.68 bits per heavy atom. The molecule has 0 aliphatic heterocycles. The highest BCUT2D eigenvalue weighted by atomic mass is 15.3. The van der Waals surface area contributed by atoms with E-state index in [0.717, 1.165) is 49.2 Å². The van der Waals surface area contributed by atoms with Crippen LogP contribution >= 0.6 is 0 Å². The summed E-state index contributed by atoms with van der Waals surface area (Å²) in [5.74, 6) is 1.70. The zero-order valence-electron chi connectivity index (χ0n) is 12.1. The molecule has 1 N–H and O–H groups in total. The van der Waals surface area contributed by atoms with Gasteiger partial charge in [-0.15, -0.1) is 5.10 Å². The van der Waals surface area contributed by atoms with Crippen LogP contribution in [0.1, 0.15) is 25.4 Å². The average molecular weight is 262 g/mol. The number of aryl methyl sites for hydroxylation is 2. The van der Waals surface area contributed by atoms with Gasteiger partial charge < -0.3 is 10.2 Å². The van der Waals surface area contributed by atoms with Crippen LogP contribution in [0.15, 0.2) is 6.20 Å². The summed E-state index contributed by atoms with van der Waals surface area (Å²) < 4.78 is 2.02. The molecule has 6 heteroatoms. The minimum atomic E-state index is 0.766. The van der Waals surface area contributed by atoms with Crippen molar-refractivity contribution in [3.05, 3.63) is 17.7 Å². The lowest BCUT2D eigenvalue weighted by molar-refractivity contribution is 0.315. The first-order valence-electron chi connectivity index (χ1n) is 6.80. The summed E-state index contributed by atoms with van der Waals surface area (Å²) in [6, 6.07) is 0. The molecule has 0 unspecified atom stereocenters. The van der Waals surface area contributed by atoms with Crippen molar-refractivity contribution in [2.75, 3.05) is 31.5 Å². The summed E-state index contributed by atoms with van der Waals surface area (Å²) in [6.07, 6.45) is 1.75. The third-order valence-electron chi connectivity index (χ3n) is 3.41. The summed E-state index contributed by atoms with van der Waals surface area (Å²) in [6.45, 7) is 12.3. The van der Waals surface area contributed by atoms with Crippen LogP contribution in [0.3, 0.4) is 0 Å². The number of fused-ring (bicyclic) bond motifs is 1. The number of aromatic nitrogens is 4. The largest absolute Gasteiger partial charge is 0.353 e. The molecule has 0 saturated heterocycles. The molecular weight excluding hydrogens is 240 g/mol. The van der Waals surface area contributed by atoms with Crippen molar-refractivity contribution in [2.24, 2.45) is 0 Å². The monoisotopic (exact) mass is 262 g/mol. The van der Waals surface area contributed by atoms with Gasteiger partial charge in [0.1, 0.15) is 5.82 Å². The fourth-order valence-electron chi connectivity index (χ4n) is 2.27. The molecule has 0 bridgehead atoms. The molecule has 2 aromatic rings. The minimum Gasteiger partial charge on any atom is -0.353 e. The maximum absolute atomic E-state index is 4.46. The first-order valence-corrected chi connectivity index (χ1v) is 6.80. The predicted octanol–water partition coefficient (Wildman–Crippen LogP) is 1.49. The van der Waals surface area contributed by atoms with Crippen molar-refractivity contribution in [3.63, 3.8) is 0 Å². The van der Waals surface area contributed by atoms with Gasteiger partial charge in [-0.25, -0.2) is 4.98 Å². The molecule has 0 fully saturated rings. The van der Waals surface area contributed by atoms with Gasteiger partial charge in [0.2, 0.25) is 5.95 Å². The van der Waals surface area contributed by atoms with Crippen molar-refractivity contribution in [1.82, 2.24) is 24.5 Å². The molecule has 19 heavy (non-hydrogen) atoms.